The molecule has 1 atom stereocenters. The minimum Gasteiger partial charge on any atom is -0.371 e. The Morgan fingerprint density at radius 2 is 2.12 bits per heavy atom. The van der Waals surface area contributed by atoms with Crippen LogP contribution in [-0.4, -0.2) is 19.0 Å². The summed E-state index contributed by atoms with van der Waals surface area (Å²) in [7, 11) is 0. The normalized spacial score (nSPS) is 19.6. The van der Waals surface area contributed by atoms with Crippen molar-refractivity contribution in [3.8, 4) is 0 Å². The van der Waals surface area contributed by atoms with Crippen molar-refractivity contribution in [1.82, 2.24) is 0 Å². The van der Waals surface area contributed by atoms with Crippen LogP contribution in [0.4, 0.5) is 5.69 Å². The van der Waals surface area contributed by atoms with E-state index in [-0.39, 0.29) is 0 Å². The average Bonchev–Trinajstić information content (AvgIpc) is 2.29. The molecule has 0 saturated carbocycles. The van der Waals surface area contributed by atoms with Crippen molar-refractivity contribution in [1.29, 1.82) is 0 Å². The maximum Gasteiger partial charge on any atom is 0.0398 e. The highest BCUT2D eigenvalue weighted by molar-refractivity contribution is 6.17. The standard InChI is InChI=1S/C14H20ClN/c1-12-10-13-6-2-3-7-14(13)16(11-12)9-5-4-8-15/h2-3,6-7,12H,4-5,8-11H2,1H3. The molecule has 0 radical (unpaired) electrons. The molecule has 0 amide bonds. The van der Waals surface area contributed by atoms with Crippen LogP contribution in [0.25, 0.3) is 0 Å². The molecule has 0 spiro atoms. The predicted octanol–water partition coefficient (Wildman–Crippen LogP) is 3.70. The topological polar surface area (TPSA) is 3.24 Å². The molecule has 0 saturated heterocycles. The van der Waals surface area contributed by atoms with E-state index in [4.69, 9.17) is 11.6 Å². The summed E-state index contributed by atoms with van der Waals surface area (Å²) in [4.78, 5) is 2.52. The van der Waals surface area contributed by atoms with Gasteiger partial charge < -0.3 is 4.90 Å². The van der Waals surface area contributed by atoms with Gasteiger partial charge in [0.05, 0.1) is 0 Å². The molecule has 1 aromatic rings. The van der Waals surface area contributed by atoms with E-state index < -0.39 is 0 Å². The van der Waals surface area contributed by atoms with E-state index in [2.05, 4.69) is 36.1 Å². The fraction of sp³-hybridized carbons (Fsp3) is 0.571. The lowest BCUT2D eigenvalue weighted by atomic mass is 9.94. The molecule has 1 nitrogen and oxygen atoms in total. The van der Waals surface area contributed by atoms with E-state index in [1.807, 2.05) is 0 Å². The molecule has 88 valence electrons. The maximum atomic E-state index is 5.73. The van der Waals surface area contributed by atoms with Crippen LogP contribution in [0.2, 0.25) is 0 Å². The van der Waals surface area contributed by atoms with Crippen molar-refractivity contribution in [2.24, 2.45) is 5.92 Å². The van der Waals surface area contributed by atoms with Gasteiger partial charge in [0.1, 0.15) is 0 Å². The summed E-state index contributed by atoms with van der Waals surface area (Å²) in [5, 5.41) is 0. The van der Waals surface area contributed by atoms with Crippen molar-refractivity contribution in [2.75, 3.05) is 23.9 Å². The number of benzene rings is 1. The molecule has 2 heteroatoms. The molecule has 1 unspecified atom stereocenters. The summed E-state index contributed by atoms with van der Waals surface area (Å²) in [6.45, 7) is 4.68. The number of halogens is 1. The van der Waals surface area contributed by atoms with Gasteiger partial charge in [-0.15, -0.1) is 11.6 Å². The molecule has 0 fully saturated rings. The molecule has 16 heavy (non-hydrogen) atoms. The van der Waals surface area contributed by atoms with E-state index >= 15 is 0 Å². The largest absolute Gasteiger partial charge is 0.371 e. The first-order valence-corrected chi connectivity index (χ1v) is 6.73. The highest BCUT2D eigenvalue weighted by atomic mass is 35.5. The number of fused-ring (bicyclic) bond motifs is 1. The van der Waals surface area contributed by atoms with Gasteiger partial charge in [-0.25, -0.2) is 0 Å². The van der Waals surface area contributed by atoms with Gasteiger partial charge in [-0.3, -0.25) is 0 Å². The zero-order chi connectivity index (χ0) is 11.4. The molecular weight excluding hydrogens is 218 g/mol. The van der Waals surface area contributed by atoms with Gasteiger partial charge in [0.15, 0.2) is 0 Å². The van der Waals surface area contributed by atoms with Crippen molar-refractivity contribution in [3.05, 3.63) is 29.8 Å². The number of hydrogen-bond donors (Lipinski definition) is 0. The fourth-order valence-corrected chi connectivity index (χ4v) is 2.70. The van der Waals surface area contributed by atoms with Gasteiger partial charge in [-0.05, 0) is 36.8 Å². The number of rotatable bonds is 4. The first-order valence-electron chi connectivity index (χ1n) is 6.20. The summed E-state index contributed by atoms with van der Waals surface area (Å²) < 4.78 is 0. The smallest absolute Gasteiger partial charge is 0.0398 e. The van der Waals surface area contributed by atoms with Crippen LogP contribution < -0.4 is 4.90 Å². The minimum atomic E-state index is 0.769. The van der Waals surface area contributed by atoms with Crippen molar-refractivity contribution < 1.29 is 0 Å². The Morgan fingerprint density at radius 1 is 1.31 bits per heavy atom. The monoisotopic (exact) mass is 237 g/mol. The second-order valence-electron chi connectivity index (χ2n) is 4.78. The molecule has 1 heterocycles. The van der Waals surface area contributed by atoms with E-state index in [1.165, 1.54) is 30.6 Å². The number of anilines is 1. The highest BCUT2D eigenvalue weighted by Crippen LogP contribution is 2.29. The number of hydrogen-bond acceptors (Lipinski definition) is 1. The summed E-state index contributed by atoms with van der Waals surface area (Å²) >= 11 is 5.73. The van der Waals surface area contributed by atoms with Crippen molar-refractivity contribution in [3.63, 3.8) is 0 Å². The molecule has 0 aromatic heterocycles. The lowest BCUT2D eigenvalue weighted by molar-refractivity contribution is 0.525. The third-order valence-corrected chi connectivity index (χ3v) is 3.51. The third-order valence-electron chi connectivity index (χ3n) is 3.24. The lowest BCUT2D eigenvalue weighted by Crippen LogP contribution is -2.35. The van der Waals surface area contributed by atoms with E-state index in [0.717, 1.165) is 24.8 Å². The molecular formula is C14H20ClN. The van der Waals surface area contributed by atoms with E-state index in [0.29, 0.717) is 0 Å². The minimum absolute atomic E-state index is 0.769. The Morgan fingerprint density at radius 3 is 2.94 bits per heavy atom. The summed E-state index contributed by atoms with van der Waals surface area (Å²) in [6.07, 6.45) is 3.54. The quantitative estimate of drug-likeness (QED) is 0.570. The Balaban J connectivity index is 2.07. The van der Waals surface area contributed by atoms with Gasteiger partial charge in [0, 0.05) is 24.7 Å². The summed E-state index contributed by atoms with van der Waals surface area (Å²) in [5.74, 6) is 1.55. The second kappa shape index (κ2) is 5.58. The molecule has 1 aromatic carbocycles. The maximum absolute atomic E-state index is 5.73. The Bertz CT molecular complexity index is 337. The molecule has 2 rings (SSSR count). The second-order valence-corrected chi connectivity index (χ2v) is 5.16. The Kier molecular flexibility index (Phi) is 4.11. The first kappa shape index (κ1) is 11.8. The van der Waals surface area contributed by atoms with Crippen LogP contribution in [0.15, 0.2) is 24.3 Å². The molecule has 0 aliphatic carbocycles. The number of unbranched alkanes of at least 4 members (excludes halogenated alkanes) is 1. The number of para-hydroxylation sites is 1. The fourth-order valence-electron chi connectivity index (χ4n) is 2.52. The van der Waals surface area contributed by atoms with Crippen molar-refractivity contribution >= 4 is 17.3 Å². The van der Waals surface area contributed by atoms with Crippen LogP contribution in [0.1, 0.15) is 25.3 Å². The van der Waals surface area contributed by atoms with Gasteiger partial charge >= 0.3 is 0 Å². The summed E-state index contributed by atoms with van der Waals surface area (Å²) in [5.41, 5.74) is 2.95. The zero-order valence-electron chi connectivity index (χ0n) is 9.95. The highest BCUT2D eigenvalue weighted by Gasteiger charge is 2.20. The van der Waals surface area contributed by atoms with E-state index in [9.17, 15) is 0 Å². The molecule has 1 aliphatic heterocycles. The van der Waals surface area contributed by atoms with Gasteiger partial charge in [0.25, 0.3) is 0 Å². The van der Waals surface area contributed by atoms with Crippen LogP contribution >= 0.6 is 11.6 Å². The summed E-state index contributed by atoms with van der Waals surface area (Å²) in [6, 6.07) is 8.80. The predicted molar refractivity (Wildman–Crippen MR) is 71.5 cm³/mol. The van der Waals surface area contributed by atoms with Gasteiger partial charge in [0.2, 0.25) is 0 Å². The molecule has 0 bridgehead atoms. The van der Waals surface area contributed by atoms with Crippen molar-refractivity contribution in [2.45, 2.75) is 26.2 Å². The van der Waals surface area contributed by atoms with Gasteiger partial charge in [-0.2, -0.15) is 0 Å². The van der Waals surface area contributed by atoms with E-state index in [1.54, 1.807) is 0 Å². The van der Waals surface area contributed by atoms with Crippen LogP contribution in [0.3, 0.4) is 0 Å². The lowest BCUT2D eigenvalue weighted by Gasteiger charge is -2.34. The van der Waals surface area contributed by atoms with Crippen LogP contribution in [0.5, 0.6) is 0 Å². The Hall–Kier alpha value is -0.690. The molecule has 0 N–H and O–H groups in total. The molecule has 1 aliphatic rings. The number of alkyl halides is 1. The zero-order valence-corrected chi connectivity index (χ0v) is 10.7. The average molecular weight is 238 g/mol. The van der Waals surface area contributed by atoms with Crippen LogP contribution in [-0.2, 0) is 6.42 Å². The first-order chi connectivity index (χ1) is 7.81. The third kappa shape index (κ3) is 2.70. The number of nitrogens with zero attached hydrogens (tertiary/aromatic N) is 1. The Labute approximate surface area is 103 Å². The SMILES string of the molecule is CC1Cc2ccccc2N(CCCCCl)C1. The van der Waals surface area contributed by atoms with Crippen LogP contribution in [0, 0.1) is 5.92 Å². The van der Waals surface area contributed by atoms with Gasteiger partial charge in [-0.1, -0.05) is 25.1 Å².